The van der Waals surface area contributed by atoms with Gasteiger partial charge < -0.3 is 10.6 Å². The molecule has 1 unspecified atom stereocenters. The molecule has 0 fully saturated rings. The molecule has 0 saturated carbocycles. The van der Waals surface area contributed by atoms with Crippen LogP contribution >= 0.6 is 0 Å². The SMILES string of the molecule is CN(C)C1CC=C(c2cccc(N)c2F)CC1. The van der Waals surface area contributed by atoms with Gasteiger partial charge in [0.1, 0.15) is 0 Å². The molecule has 0 aromatic heterocycles. The minimum absolute atomic E-state index is 0.234. The zero-order valence-electron chi connectivity index (χ0n) is 10.4. The minimum atomic E-state index is -0.276. The molecule has 92 valence electrons. The Balaban J connectivity index is 2.22. The van der Waals surface area contributed by atoms with Gasteiger partial charge in [-0.1, -0.05) is 18.2 Å². The molecule has 1 aromatic carbocycles. The van der Waals surface area contributed by atoms with Crippen LogP contribution in [0.1, 0.15) is 24.8 Å². The summed E-state index contributed by atoms with van der Waals surface area (Å²) < 4.78 is 13.9. The third-order valence-electron chi connectivity index (χ3n) is 3.49. The number of rotatable bonds is 2. The molecule has 2 rings (SSSR count). The van der Waals surface area contributed by atoms with E-state index in [0.29, 0.717) is 11.6 Å². The molecule has 3 heteroatoms. The first-order chi connectivity index (χ1) is 8.09. The van der Waals surface area contributed by atoms with Crippen LogP contribution in [0.15, 0.2) is 24.3 Å². The van der Waals surface area contributed by atoms with Crippen molar-refractivity contribution in [1.82, 2.24) is 4.90 Å². The van der Waals surface area contributed by atoms with Crippen molar-refractivity contribution in [2.75, 3.05) is 19.8 Å². The predicted molar refractivity (Wildman–Crippen MR) is 70.1 cm³/mol. The van der Waals surface area contributed by atoms with Crippen molar-refractivity contribution in [2.24, 2.45) is 0 Å². The van der Waals surface area contributed by atoms with Gasteiger partial charge in [0.05, 0.1) is 5.69 Å². The number of nitrogens with zero attached hydrogens (tertiary/aromatic N) is 1. The summed E-state index contributed by atoms with van der Waals surface area (Å²) in [5, 5.41) is 0. The van der Waals surface area contributed by atoms with E-state index in [4.69, 9.17) is 5.73 Å². The van der Waals surface area contributed by atoms with Gasteiger partial charge in [-0.3, -0.25) is 0 Å². The van der Waals surface area contributed by atoms with E-state index in [-0.39, 0.29) is 11.5 Å². The van der Waals surface area contributed by atoms with Gasteiger partial charge in [-0.25, -0.2) is 4.39 Å². The molecular weight excluding hydrogens is 215 g/mol. The number of anilines is 1. The Labute approximate surface area is 102 Å². The second kappa shape index (κ2) is 4.88. The zero-order valence-corrected chi connectivity index (χ0v) is 10.4. The highest BCUT2D eigenvalue weighted by molar-refractivity contribution is 5.69. The number of hydrogen-bond donors (Lipinski definition) is 1. The summed E-state index contributed by atoms with van der Waals surface area (Å²) in [5.74, 6) is -0.276. The third-order valence-corrected chi connectivity index (χ3v) is 3.49. The van der Waals surface area contributed by atoms with Gasteiger partial charge in [0.2, 0.25) is 0 Å². The van der Waals surface area contributed by atoms with E-state index in [1.54, 1.807) is 6.07 Å². The van der Waals surface area contributed by atoms with Crippen LogP contribution in [-0.4, -0.2) is 25.0 Å². The van der Waals surface area contributed by atoms with Crippen LogP contribution in [0.5, 0.6) is 0 Å². The largest absolute Gasteiger partial charge is 0.396 e. The van der Waals surface area contributed by atoms with E-state index in [1.165, 1.54) is 0 Å². The fraction of sp³-hybridized carbons (Fsp3) is 0.429. The molecule has 0 spiro atoms. The minimum Gasteiger partial charge on any atom is -0.396 e. The summed E-state index contributed by atoms with van der Waals surface area (Å²) in [4.78, 5) is 2.23. The molecular formula is C14H19FN2. The topological polar surface area (TPSA) is 29.3 Å². The molecule has 1 aliphatic rings. The Bertz CT molecular complexity index is 438. The summed E-state index contributed by atoms with van der Waals surface area (Å²) in [6.45, 7) is 0. The van der Waals surface area contributed by atoms with Gasteiger partial charge in [0.25, 0.3) is 0 Å². The van der Waals surface area contributed by atoms with Crippen molar-refractivity contribution < 1.29 is 4.39 Å². The first-order valence-corrected chi connectivity index (χ1v) is 5.99. The van der Waals surface area contributed by atoms with E-state index in [9.17, 15) is 4.39 Å². The number of allylic oxidation sites excluding steroid dienone is 1. The van der Waals surface area contributed by atoms with Crippen molar-refractivity contribution in [3.63, 3.8) is 0 Å². The van der Waals surface area contributed by atoms with Crippen molar-refractivity contribution in [3.05, 3.63) is 35.7 Å². The van der Waals surface area contributed by atoms with Crippen LogP contribution in [0.4, 0.5) is 10.1 Å². The number of nitrogen functional groups attached to an aromatic ring is 1. The normalized spacial score (nSPS) is 20.5. The molecule has 2 nitrogen and oxygen atoms in total. The van der Waals surface area contributed by atoms with Crippen LogP contribution in [0.3, 0.4) is 0 Å². The lowest BCUT2D eigenvalue weighted by molar-refractivity contribution is 0.277. The first kappa shape index (κ1) is 12.1. The molecule has 0 radical (unpaired) electrons. The molecule has 1 aromatic rings. The number of hydrogen-bond acceptors (Lipinski definition) is 2. The fourth-order valence-corrected chi connectivity index (χ4v) is 2.33. The molecule has 0 amide bonds. The van der Waals surface area contributed by atoms with Crippen LogP contribution in [0.2, 0.25) is 0 Å². The summed E-state index contributed by atoms with van der Waals surface area (Å²) in [7, 11) is 4.18. The maximum atomic E-state index is 13.9. The van der Waals surface area contributed by atoms with Crippen LogP contribution in [0.25, 0.3) is 5.57 Å². The van der Waals surface area contributed by atoms with Gasteiger partial charge in [0.15, 0.2) is 5.82 Å². The molecule has 0 saturated heterocycles. The van der Waals surface area contributed by atoms with Crippen molar-refractivity contribution in [2.45, 2.75) is 25.3 Å². The Kier molecular flexibility index (Phi) is 3.48. The molecule has 2 N–H and O–H groups in total. The zero-order chi connectivity index (χ0) is 12.4. The van der Waals surface area contributed by atoms with Gasteiger partial charge >= 0.3 is 0 Å². The molecule has 1 atom stereocenters. The quantitative estimate of drug-likeness (QED) is 0.797. The highest BCUT2D eigenvalue weighted by atomic mass is 19.1. The number of halogens is 1. The van der Waals surface area contributed by atoms with E-state index in [0.717, 1.165) is 24.8 Å². The first-order valence-electron chi connectivity index (χ1n) is 5.99. The summed E-state index contributed by atoms with van der Waals surface area (Å²) in [6.07, 6.45) is 5.12. The average Bonchev–Trinajstić information content (AvgIpc) is 2.33. The van der Waals surface area contributed by atoms with E-state index >= 15 is 0 Å². The van der Waals surface area contributed by atoms with Crippen LogP contribution < -0.4 is 5.73 Å². The summed E-state index contributed by atoms with van der Waals surface area (Å²) in [5.41, 5.74) is 7.59. The Morgan fingerprint density at radius 2 is 2.12 bits per heavy atom. The standard InChI is InChI=1S/C14H19FN2/c1-17(2)11-8-6-10(7-9-11)12-4-3-5-13(16)14(12)15/h3-6,11H,7-9,16H2,1-2H3. The van der Waals surface area contributed by atoms with E-state index in [2.05, 4.69) is 25.1 Å². The maximum Gasteiger partial charge on any atom is 0.153 e. The van der Waals surface area contributed by atoms with Gasteiger partial charge in [-0.15, -0.1) is 0 Å². The second-order valence-corrected chi connectivity index (χ2v) is 4.83. The highest BCUT2D eigenvalue weighted by Crippen LogP contribution is 2.31. The second-order valence-electron chi connectivity index (χ2n) is 4.83. The third kappa shape index (κ3) is 2.50. The predicted octanol–water partition coefficient (Wildman–Crippen LogP) is 2.91. The molecule has 0 heterocycles. The monoisotopic (exact) mass is 234 g/mol. The summed E-state index contributed by atoms with van der Waals surface area (Å²) >= 11 is 0. The molecule has 17 heavy (non-hydrogen) atoms. The number of benzene rings is 1. The maximum absolute atomic E-state index is 13.9. The molecule has 0 bridgehead atoms. The van der Waals surface area contributed by atoms with Gasteiger partial charge in [-0.05, 0) is 45.0 Å². The van der Waals surface area contributed by atoms with Crippen LogP contribution in [-0.2, 0) is 0 Å². The van der Waals surface area contributed by atoms with Crippen molar-refractivity contribution in [1.29, 1.82) is 0 Å². The lowest BCUT2D eigenvalue weighted by Gasteiger charge is -2.27. The highest BCUT2D eigenvalue weighted by Gasteiger charge is 2.19. The van der Waals surface area contributed by atoms with Crippen LogP contribution in [0, 0.1) is 5.82 Å². The van der Waals surface area contributed by atoms with Gasteiger partial charge in [0, 0.05) is 11.6 Å². The fourth-order valence-electron chi connectivity index (χ4n) is 2.33. The lowest BCUT2D eigenvalue weighted by Crippen LogP contribution is -2.29. The lowest BCUT2D eigenvalue weighted by atomic mass is 9.90. The van der Waals surface area contributed by atoms with E-state index < -0.39 is 0 Å². The molecule has 1 aliphatic carbocycles. The Morgan fingerprint density at radius 3 is 2.71 bits per heavy atom. The van der Waals surface area contributed by atoms with Crippen molar-refractivity contribution >= 4 is 11.3 Å². The van der Waals surface area contributed by atoms with Gasteiger partial charge in [-0.2, -0.15) is 0 Å². The summed E-state index contributed by atoms with van der Waals surface area (Å²) in [6, 6.07) is 5.80. The Hall–Kier alpha value is -1.35. The Morgan fingerprint density at radius 1 is 1.35 bits per heavy atom. The average molecular weight is 234 g/mol. The van der Waals surface area contributed by atoms with E-state index in [1.807, 2.05) is 12.1 Å². The molecule has 0 aliphatic heterocycles. The smallest absolute Gasteiger partial charge is 0.153 e. The van der Waals surface area contributed by atoms with Crippen molar-refractivity contribution in [3.8, 4) is 0 Å². The number of nitrogens with two attached hydrogens (primary N) is 1.